The molecule has 0 amide bonds. The number of nitrogens with zero attached hydrogens (tertiary/aromatic N) is 2. The molecule has 0 aliphatic heterocycles. The lowest BCUT2D eigenvalue weighted by Crippen LogP contribution is -2.33. The molecule has 1 aromatic heterocycles. The van der Waals surface area contributed by atoms with Crippen molar-refractivity contribution in [3.63, 3.8) is 0 Å². The van der Waals surface area contributed by atoms with Gasteiger partial charge in [0, 0.05) is 39.3 Å². The zero-order valence-corrected chi connectivity index (χ0v) is 16.1. The Morgan fingerprint density at radius 2 is 2.23 bits per heavy atom. The summed E-state index contributed by atoms with van der Waals surface area (Å²) in [6.45, 7) is 3.95. The minimum atomic E-state index is -0.262. The van der Waals surface area contributed by atoms with E-state index in [0.717, 1.165) is 24.6 Å². The van der Waals surface area contributed by atoms with E-state index in [2.05, 4.69) is 37.3 Å². The Bertz CT molecular complexity index is 466. The monoisotopic (exact) mass is 363 g/mol. The number of nitrogens with one attached hydrogen (secondary N) is 1. The molecule has 0 aromatic carbocycles. The molecule has 1 aromatic rings. The molecule has 0 saturated heterocycles. The van der Waals surface area contributed by atoms with Crippen LogP contribution in [0.1, 0.15) is 15.3 Å². The number of aryl methyl sites for hydroxylation is 1. The summed E-state index contributed by atoms with van der Waals surface area (Å²) in [5.74, 6) is 1.98. The van der Waals surface area contributed by atoms with E-state index in [1.807, 2.05) is 29.4 Å². The van der Waals surface area contributed by atoms with E-state index in [4.69, 9.17) is 0 Å². The molecule has 5 nitrogen and oxygen atoms in total. The first kappa shape index (κ1) is 19.8. The molecule has 0 spiro atoms. The van der Waals surface area contributed by atoms with E-state index in [1.54, 1.807) is 0 Å². The number of thioether (sulfide) groups is 2. The van der Waals surface area contributed by atoms with E-state index >= 15 is 0 Å². The van der Waals surface area contributed by atoms with Crippen LogP contribution in [0.15, 0.2) is 6.07 Å². The van der Waals surface area contributed by atoms with E-state index in [9.17, 15) is 10.1 Å². The van der Waals surface area contributed by atoms with Crippen molar-refractivity contribution in [2.24, 2.45) is 0 Å². The fourth-order valence-electron chi connectivity index (χ4n) is 1.93. The van der Waals surface area contributed by atoms with Crippen LogP contribution in [0.25, 0.3) is 0 Å². The van der Waals surface area contributed by atoms with E-state index < -0.39 is 0 Å². The van der Waals surface area contributed by atoms with Crippen molar-refractivity contribution in [3.05, 3.63) is 31.5 Å². The number of hydrogen-bond acceptors (Lipinski definition) is 7. The average Bonchev–Trinajstić information content (AvgIpc) is 2.76. The highest BCUT2D eigenvalue weighted by atomic mass is 32.2. The normalized spacial score (nSPS) is 12.8. The molecule has 1 N–H and O–H groups in total. The number of thiophene rings is 1. The molecule has 8 heteroatoms. The molecule has 1 heterocycles. The highest BCUT2D eigenvalue weighted by Crippen LogP contribution is 2.26. The highest BCUT2D eigenvalue weighted by Gasteiger charge is 2.12. The first-order valence-corrected chi connectivity index (χ1v) is 10.4. The molecule has 1 unspecified atom stereocenters. The summed E-state index contributed by atoms with van der Waals surface area (Å²) in [7, 11) is 4.18. The van der Waals surface area contributed by atoms with Crippen molar-refractivity contribution in [1.29, 1.82) is 0 Å². The maximum absolute atomic E-state index is 10.5. The SMILES string of the molecule is CSC(C[N+](=O)[O-])NCCSCc1cc(C)c(CN(C)C)s1. The molecule has 0 radical (unpaired) electrons. The summed E-state index contributed by atoms with van der Waals surface area (Å²) in [5, 5.41) is 13.6. The van der Waals surface area contributed by atoms with Crippen LogP contribution in [0.3, 0.4) is 0 Å². The van der Waals surface area contributed by atoms with Crippen LogP contribution in [0, 0.1) is 17.0 Å². The minimum Gasteiger partial charge on any atom is -0.304 e. The van der Waals surface area contributed by atoms with Crippen LogP contribution < -0.4 is 5.32 Å². The van der Waals surface area contributed by atoms with Crippen molar-refractivity contribution in [2.75, 3.05) is 39.2 Å². The van der Waals surface area contributed by atoms with Gasteiger partial charge in [0.05, 0.1) is 0 Å². The van der Waals surface area contributed by atoms with Crippen LogP contribution in [0.5, 0.6) is 0 Å². The predicted molar refractivity (Wildman–Crippen MR) is 99.8 cm³/mol. The Morgan fingerprint density at radius 3 is 2.82 bits per heavy atom. The zero-order valence-electron chi connectivity index (χ0n) is 13.6. The molecule has 0 aliphatic carbocycles. The summed E-state index contributed by atoms with van der Waals surface area (Å²) in [6, 6.07) is 2.28. The molecule has 126 valence electrons. The quantitative estimate of drug-likeness (QED) is 0.282. The van der Waals surface area contributed by atoms with Crippen LogP contribution in [0.2, 0.25) is 0 Å². The molecular formula is C14H25N3O2S3. The molecule has 22 heavy (non-hydrogen) atoms. The number of rotatable bonds is 11. The summed E-state index contributed by atoms with van der Waals surface area (Å²) in [5.41, 5.74) is 1.38. The van der Waals surface area contributed by atoms with Crippen molar-refractivity contribution in [1.82, 2.24) is 10.2 Å². The maximum Gasteiger partial charge on any atom is 0.228 e. The fourth-order valence-corrected chi connectivity index (χ4v) is 4.76. The lowest BCUT2D eigenvalue weighted by molar-refractivity contribution is -0.479. The summed E-state index contributed by atoms with van der Waals surface area (Å²) >= 11 is 5.26. The van der Waals surface area contributed by atoms with E-state index in [-0.39, 0.29) is 16.8 Å². The third-order valence-corrected chi connectivity index (χ3v) is 6.29. The van der Waals surface area contributed by atoms with Gasteiger partial charge in [-0.2, -0.15) is 11.8 Å². The third-order valence-electron chi connectivity index (χ3n) is 2.99. The smallest absolute Gasteiger partial charge is 0.228 e. The van der Waals surface area contributed by atoms with Gasteiger partial charge in [0.25, 0.3) is 0 Å². The van der Waals surface area contributed by atoms with Crippen LogP contribution in [0.4, 0.5) is 0 Å². The Kier molecular flexibility index (Phi) is 9.42. The minimum absolute atomic E-state index is 0.0240. The second-order valence-corrected chi connectivity index (χ2v) is 8.67. The van der Waals surface area contributed by atoms with Gasteiger partial charge in [0.15, 0.2) is 0 Å². The second kappa shape index (κ2) is 10.5. The number of hydrogen-bond donors (Lipinski definition) is 1. The topological polar surface area (TPSA) is 58.4 Å². The van der Waals surface area contributed by atoms with Crippen molar-refractivity contribution >= 4 is 34.9 Å². The van der Waals surface area contributed by atoms with Gasteiger partial charge in [-0.25, -0.2) is 0 Å². The molecule has 0 fully saturated rings. The molecule has 1 rings (SSSR count). The van der Waals surface area contributed by atoms with Gasteiger partial charge < -0.3 is 4.90 Å². The van der Waals surface area contributed by atoms with Crippen molar-refractivity contribution in [3.8, 4) is 0 Å². The number of nitro groups is 1. The molecule has 0 bridgehead atoms. The second-order valence-electron chi connectivity index (χ2n) is 5.30. The zero-order chi connectivity index (χ0) is 16.5. The highest BCUT2D eigenvalue weighted by molar-refractivity contribution is 7.99. The van der Waals surface area contributed by atoms with Gasteiger partial charge in [-0.15, -0.1) is 23.1 Å². The van der Waals surface area contributed by atoms with Crippen LogP contribution in [-0.2, 0) is 12.3 Å². The van der Waals surface area contributed by atoms with E-state index in [0.29, 0.717) is 0 Å². The van der Waals surface area contributed by atoms with E-state index in [1.165, 1.54) is 27.1 Å². The Morgan fingerprint density at radius 1 is 1.50 bits per heavy atom. The predicted octanol–water partition coefficient (Wildman–Crippen LogP) is 2.91. The third kappa shape index (κ3) is 7.82. The average molecular weight is 364 g/mol. The van der Waals surface area contributed by atoms with Gasteiger partial charge >= 0.3 is 0 Å². The lowest BCUT2D eigenvalue weighted by atomic mass is 10.2. The summed E-state index contributed by atoms with van der Waals surface area (Å²) in [6.07, 6.45) is 1.90. The van der Waals surface area contributed by atoms with Gasteiger partial charge in [0.1, 0.15) is 5.37 Å². The van der Waals surface area contributed by atoms with Gasteiger partial charge in [-0.1, -0.05) is 0 Å². The van der Waals surface area contributed by atoms with Gasteiger partial charge in [-0.3, -0.25) is 15.4 Å². The van der Waals surface area contributed by atoms with Crippen LogP contribution in [-0.4, -0.2) is 54.4 Å². The summed E-state index contributed by atoms with van der Waals surface area (Å²) < 4.78 is 0. The summed E-state index contributed by atoms with van der Waals surface area (Å²) in [4.78, 5) is 15.3. The maximum atomic E-state index is 10.5. The first-order chi connectivity index (χ1) is 10.4. The van der Waals surface area contributed by atoms with Crippen molar-refractivity contribution in [2.45, 2.75) is 24.6 Å². The standard InChI is InChI=1S/C14H25N3O2S3/c1-11-7-12(22-13(11)8-16(2)3)10-21-6-5-15-14(20-4)9-17(18)19/h7,14-15H,5-6,8-10H2,1-4H3. The van der Waals surface area contributed by atoms with Gasteiger partial charge in [-0.05, 0) is 38.9 Å². The van der Waals surface area contributed by atoms with Crippen LogP contribution >= 0.6 is 34.9 Å². The van der Waals surface area contributed by atoms with Crippen molar-refractivity contribution < 1.29 is 4.92 Å². The van der Waals surface area contributed by atoms with Gasteiger partial charge in [0.2, 0.25) is 6.54 Å². The Hall–Kier alpha value is -0.280. The Labute approximate surface area is 145 Å². The Balaban J connectivity index is 2.25. The molecule has 1 atom stereocenters. The fraction of sp³-hybridized carbons (Fsp3) is 0.714. The first-order valence-electron chi connectivity index (χ1n) is 7.11. The molecule has 0 saturated carbocycles. The molecule has 0 aliphatic rings. The lowest BCUT2D eigenvalue weighted by Gasteiger charge is -2.11. The largest absolute Gasteiger partial charge is 0.304 e. The molecular weight excluding hydrogens is 338 g/mol.